The monoisotopic (exact) mass is 414 g/mol. The van der Waals surface area contributed by atoms with Crippen LogP contribution in [0.5, 0.6) is 11.5 Å². The molecular weight excluding hydrogens is 392 g/mol. The molecule has 2 aromatic carbocycles. The minimum absolute atomic E-state index is 0.0580. The van der Waals surface area contributed by atoms with Crippen LogP contribution in [0.3, 0.4) is 0 Å². The van der Waals surface area contributed by atoms with Crippen LogP contribution in [0.15, 0.2) is 58.7 Å². The molecule has 2 unspecified atom stereocenters. The van der Waals surface area contributed by atoms with Crippen LogP contribution in [0.25, 0.3) is 0 Å². The topological polar surface area (TPSA) is 123 Å². The summed E-state index contributed by atoms with van der Waals surface area (Å²) in [5.74, 6) is -0.636. The van der Waals surface area contributed by atoms with Crippen LogP contribution in [-0.4, -0.2) is 45.0 Å². The maximum absolute atomic E-state index is 12.1. The molecule has 0 aliphatic rings. The van der Waals surface area contributed by atoms with Crippen LogP contribution in [0.4, 0.5) is 0 Å². The molecule has 0 heterocycles. The Bertz CT molecular complexity index is 843. The molecule has 4 N–H and O–H groups in total. The summed E-state index contributed by atoms with van der Waals surface area (Å²) in [6.07, 6.45) is 2.68. The molecule has 2 aromatic rings. The van der Waals surface area contributed by atoms with Crippen molar-refractivity contribution in [2.75, 3.05) is 0 Å². The summed E-state index contributed by atoms with van der Waals surface area (Å²) in [6, 6.07) is 13.2. The van der Waals surface area contributed by atoms with Gasteiger partial charge >= 0.3 is 0 Å². The zero-order valence-corrected chi connectivity index (χ0v) is 16.8. The number of phenols is 2. The van der Waals surface area contributed by atoms with E-state index in [1.165, 1.54) is 24.6 Å². The number of phenolic OH excluding ortho intramolecular Hbond substituents is 2. The fourth-order valence-corrected chi connectivity index (χ4v) is 3.10. The summed E-state index contributed by atoms with van der Waals surface area (Å²) in [6.45, 7) is 3.31. The molecule has 2 amide bonds. The molecule has 0 aliphatic carbocycles. The smallest absolute Gasteiger partial charge is 0.252 e. The quantitative estimate of drug-likeness (QED) is 0.390. The fourth-order valence-electron chi connectivity index (χ4n) is 2.14. The SMILES string of the molecule is CC(SC(C)C(=O)N/N=C/c1ccccc1O)C(=O)N/N=C\c1ccccc1O. The van der Waals surface area contributed by atoms with E-state index in [1.807, 2.05) is 0 Å². The molecule has 0 radical (unpaired) electrons. The van der Waals surface area contributed by atoms with Crippen molar-refractivity contribution in [3.05, 3.63) is 59.7 Å². The number of amides is 2. The average Bonchev–Trinajstić information content (AvgIpc) is 2.70. The molecule has 0 spiro atoms. The lowest BCUT2D eigenvalue weighted by Gasteiger charge is -2.14. The highest BCUT2D eigenvalue weighted by Crippen LogP contribution is 2.18. The van der Waals surface area contributed by atoms with Gasteiger partial charge in [0, 0.05) is 11.1 Å². The lowest BCUT2D eigenvalue weighted by Crippen LogP contribution is -2.33. The van der Waals surface area contributed by atoms with E-state index in [2.05, 4.69) is 21.1 Å². The van der Waals surface area contributed by atoms with Gasteiger partial charge < -0.3 is 10.2 Å². The molecule has 152 valence electrons. The highest BCUT2D eigenvalue weighted by molar-refractivity contribution is 8.01. The van der Waals surface area contributed by atoms with Gasteiger partial charge in [-0.25, -0.2) is 10.9 Å². The van der Waals surface area contributed by atoms with Gasteiger partial charge in [-0.2, -0.15) is 10.2 Å². The number of thioether (sulfide) groups is 1. The molecule has 29 heavy (non-hydrogen) atoms. The summed E-state index contributed by atoms with van der Waals surface area (Å²) in [5.41, 5.74) is 5.72. The van der Waals surface area contributed by atoms with Gasteiger partial charge in [0.2, 0.25) is 0 Å². The van der Waals surface area contributed by atoms with Crippen LogP contribution >= 0.6 is 11.8 Å². The van der Waals surface area contributed by atoms with Crippen LogP contribution in [0.2, 0.25) is 0 Å². The van der Waals surface area contributed by atoms with E-state index in [0.29, 0.717) is 11.1 Å². The Morgan fingerprint density at radius 1 is 0.828 bits per heavy atom. The Balaban J connectivity index is 1.80. The third-order valence-corrected chi connectivity index (χ3v) is 5.02. The molecule has 0 aromatic heterocycles. The van der Waals surface area contributed by atoms with Crippen LogP contribution < -0.4 is 10.9 Å². The largest absolute Gasteiger partial charge is 0.507 e. The first-order valence-corrected chi connectivity index (χ1v) is 9.70. The Morgan fingerprint density at radius 3 is 1.59 bits per heavy atom. The zero-order chi connectivity index (χ0) is 21.2. The van der Waals surface area contributed by atoms with Crippen molar-refractivity contribution in [3.63, 3.8) is 0 Å². The van der Waals surface area contributed by atoms with Crippen LogP contribution in [0.1, 0.15) is 25.0 Å². The summed E-state index contributed by atoms with van der Waals surface area (Å²) >= 11 is 1.14. The second-order valence-electron chi connectivity index (χ2n) is 6.01. The van der Waals surface area contributed by atoms with E-state index >= 15 is 0 Å². The lowest BCUT2D eigenvalue weighted by atomic mass is 10.2. The number of benzene rings is 2. The Morgan fingerprint density at radius 2 is 1.21 bits per heavy atom. The summed E-state index contributed by atoms with van der Waals surface area (Å²) in [4.78, 5) is 24.2. The van der Waals surface area contributed by atoms with E-state index < -0.39 is 10.5 Å². The normalized spacial score (nSPS) is 13.3. The molecule has 0 saturated carbocycles. The third-order valence-electron chi connectivity index (χ3n) is 3.78. The Hall–Kier alpha value is -3.33. The van der Waals surface area contributed by atoms with Gasteiger partial charge in [-0.3, -0.25) is 9.59 Å². The molecular formula is C20H22N4O4S. The number of para-hydroxylation sites is 2. The highest BCUT2D eigenvalue weighted by Gasteiger charge is 2.21. The Kier molecular flexibility index (Phi) is 8.23. The van der Waals surface area contributed by atoms with Gasteiger partial charge in [0.15, 0.2) is 0 Å². The predicted octanol–water partition coefficient (Wildman–Crippen LogP) is 2.21. The summed E-state index contributed by atoms with van der Waals surface area (Å²) in [7, 11) is 0. The third kappa shape index (κ3) is 6.96. The molecule has 2 atom stereocenters. The standard InChI is InChI=1S/C20H22N4O4S/c1-13(19(27)23-21-11-15-7-3-5-9-17(15)25)29-14(2)20(28)24-22-12-16-8-4-6-10-18(16)26/h3-14,25-26H,1-2H3,(H,23,27)(H,24,28)/b21-11-,22-12+. The van der Waals surface area contributed by atoms with E-state index in [9.17, 15) is 19.8 Å². The first-order valence-electron chi connectivity index (χ1n) is 8.75. The number of aromatic hydroxyl groups is 2. The molecule has 0 fully saturated rings. The lowest BCUT2D eigenvalue weighted by molar-refractivity contribution is -0.120. The first-order chi connectivity index (χ1) is 13.9. The van der Waals surface area contributed by atoms with Crippen molar-refractivity contribution in [2.45, 2.75) is 24.3 Å². The number of nitrogens with zero attached hydrogens (tertiary/aromatic N) is 2. The predicted molar refractivity (Wildman–Crippen MR) is 114 cm³/mol. The van der Waals surface area contributed by atoms with Gasteiger partial charge in [0.05, 0.1) is 22.9 Å². The van der Waals surface area contributed by atoms with Gasteiger partial charge in [0.1, 0.15) is 11.5 Å². The van der Waals surface area contributed by atoms with E-state index in [0.717, 1.165) is 11.8 Å². The number of hydrogen-bond donors (Lipinski definition) is 4. The van der Waals surface area contributed by atoms with Gasteiger partial charge in [-0.1, -0.05) is 24.3 Å². The average molecular weight is 414 g/mol. The first kappa shape index (κ1) is 22.0. The fraction of sp³-hybridized carbons (Fsp3) is 0.200. The Labute approximate surface area is 172 Å². The van der Waals surface area contributed by atoms with Gasteiger partial charge in [-0.15, -0.1) is 11.8 Å². The number of carbonyl (C=O) groups excluding carboxylic acids is 2. The second-order valence-corrected chi connectivity index (χ2v) is 7.69. The molecule has 0 saturated heterocycles. The van der Waals surface area contributed by atoms with E-state index in [-0.39, 0.29) is 23.3 Å². The minimum Gasteiger partial charge on any atom is -0.507 e. The van der Waals surface area contributed by atoms with Crippen molar-refractivity contribution < 1.29 is 19.8 Å². The van der Waals surface area contributed by atoms with Crippen molar-refractivity contribution in [3.8, 4) is 11.5 Å². The van der Waals surface area contributed by atoms with Crippen LogP contribution in [-0.2, 0) is 9.59 Å². The zero-order valence-electron chi connectivity index (χ0n) is 15.9. The molecule has 0 aliphatic heterocycles. The van der Waals surface area contributed by atoms with Crippen molar-refractivity contribution in [1.29, 1.82) is 0 Å². The number of nitrogens with one attached hydrogen (secondary N) is 2. The van der Waals surface area contributed by atoms with E-state index in [4.69, 9.17) is 0 Å². The second kappa shape index (κ2) is 10.9. The molecule has 8 nitrogen and oxygen atoms in total. The van der Waals surface area contributed by atoms with E-state index in [1.54, 1.807) is 50.2 Å². The summed E-state index contributed by atoms with van der Waals surface area (Å²) in [5, 5.41) is 25.9. The maximum atomic E-state index is 12.1. The number of carbonyl (C=O) groups is 2. The number of hydrazone groups is 2. The molecule has 2 rings (SSSR count). The highest BCUT2D eigenvalue weighted by atomic mass is 32.2. The minimum atomic E-state index is -0.542. The van der Waals surface area contributed by atoms with Crippen LogP contribution in [0, 0.1) is 0 Å². The number of rotatable bonds is 8. The van der Waals surface area contributed by atoms with Crippen molar-refractivity contribution in [2.24, 2.45) is 10.2 Å². The molecule has 0 bridgehead atoms. The van der Waals surface area contributed by atoms with Gasteiger partial charge in [-0.05, 0) is 38.1 Å². The summed E-state index contributed by atoms with van der Waals surface area (Å²) < 4.78 is 0. The van der Waals surface area contributed by atoms with Crippen molar-refractivity contribution in [1.82, 2.24) is 10.9 Å². The number of hydrogen-bond acceptors (Lipinski definition) is 7. The molecule has 9 heteroatoms. The maximum Gasteiger partial charge on any atom is 0.252 e. The van der Waals surface area contributed by atoms with Gasteiger partial charge in [0.25, 0.3) is 11.8 Å². The van der Waals surface area contributed by atoms with Crippen molar-refractivity contribution >= 4 is 36.0 Å².